The van der Waals surface area contributed by atoms with Crippen molar-refractivity contribution in [1.29, 1.82) is 10.5 Å². The fraction of sp³-hybridized carbons (Fsp3) is 0.417. The Hall–Kier alpha value is -1.78. The summed E-state index contributed by atoms with van der Waals surface area (Å²) in [5.41, 5.74) is 1.53. The van der Waals surface area contributed by atoms with Gasteiger partial charge in [0.1, 0.15) is 23.1 Å². The summed E-state index contributed by atoms with van der Waals surface area (Å²) in [6.07, 6.45) is 1.71. The molecule has 1 aliphatic rings. The van der Waals surface area contributed by atoms with E-state index < -0.39 is 0 Å². The van der Waals surface area contributed by atoms with Crippen LogP contribution in [-0.4, -0.2) is 18.1 Å². The number of nitrogens with zero attached hydrogens (tertiary/aromatic N) is 4. The maximum Gasteiger partial charge on any atom is 0.149 e. The predicted molar refractivity (Wildman–Crippen MR) is 64.9 cm³/mol. The molecule has 0 spiro atoms. The third kappa shape index (κ3) is 1.81. The van der Waals surface area contributed by atoms with Crippen molar-refractivity contribution in [3.05, 3.63) is 21.8 Å². The Labute approximate surface area is 105 Å². The molecule has 0 amide bonds. The average molecular weight is 247 g/mol. The minimum absolute atomic E-state index is 0.199. The zero-order valence-corrected chi connectivity index (χ0v) is 10.3. The van der Waals surface area contributed by atoms with E-state index in [1.165, 1.54) is 0 Å². The number of pyridine rings is 1. The molecule has 0 unspecified atom stereocenters. The molecule has 0 aromatic carbocycles. The minimum Gasteiger partial charge on any atom is -0.355 e. The van der Waals surface area contributed by atoms with Crippen LogP contribution in [0.3, 0.4) is 0 Å². The van der Waals surface area contributed by atoms with Crippen LogP contribution < -0.4 is 4.90 Å². The molecule has 0 atom stereocenters. The highest BCUT2D eigenvalue weighted by Crippen LogP contribution is 2.31. The van der Waals surface area contributed by atoms with Crippen LogP contribution in [0.4, 0.5) is 5.82 Å². The number of anilines is 1. The minimum atomic E-state index is 0.199. The van der Waals surface area contributed by atoms with Crippen molar-refractivity contribution in [1.82, 2.24) is 4.98 Å². The van der Waals surface area contributed by atoms with E-state index in [1.807, 2.05) is 17.9 Å². The lowest BCUT2D eigenvalue weighted by atomic mass is 10.0. The Kier molecular flexibility index (Phi) is 3.17. The van der Waals surface area contributed by atoms with Crippen LogP contribution in [0.1, 0.15) is 30.0 Å². The molecule has 0 N–H and O–H groups in total. The van der Waals surface area contributed by atoms with E-state index in [2.05, 4.69) is 11.1 Å². The van der Waals surface area contributed by atoms with Gasteiger partial charge in [-0.3, -0.25) is 0 Å². The molecule has 86 valence electrons. The van der Waals surface area contributed by atoms with E-state index in [4.69, 9.17) is 16.9 Å². The number of halogens is 1. The Morgan fingerprint density at radius 2 is 1.94 bits per heavy atom. The highest BCUT2D eigenvalue weighted by Gasteiger charge is 2.24. The first-order valence-electron chi connectivity index (χ1n) is 5.50. The summed E-state index contributed by atoms with van der Waals surface area (Å²) in [7, 11) is 0. The Morgan fingerprint density at radius 3 is 2.35 bits per heavy atom. The predicted octanol–water partition coefficient (Wildman–Crippen LogP) is 2.25. The Bertz CT molecular complexity index is 535. The van der Waals surface area contributed by atoms with Crippen molar-refractivity contribution < 1.29 is 0 Å². The Balaban J connectivity index is 2.66. The van der Waals surface area contributed by atoms with E-state index in [-0.39, 0.29) is 5.15 Å². The van der Waals surface area contributed by atoms with Crippen molar-refractivity contribution in [2.75, 3.05) is 18.0 Å². The van der Waals surface area contributed by atoms with Gasteiger partial charge in [-0.1, -0.05) is 18.5 Å². The number of hydrogen-bond donors (Lipinski definition) is 0. The summed E-state index contributed by atoms with van der Waals surface area (Å²) in [5.74, 6) is 0.625. The average Bonchev–Trinajstić information content (AvgIpc) is 2.25. The van der Waals surface area contributed by atoms with E-state index in [1.54, 1.807) is 0 Å². The lowest BCUT2D eigenvalue weighted by Gasteiger charge is -2.33. The molecule has 0 radical (unpaired) electrons. The maximum absolute atomic E-state index is 9.24. The van der Waals surface area contributed by atoms with Crippen LogP contribution >= 0.6 is 11.6 Å². The topological polar surface area (TPSA) is 63.7 Å². The van der Waals surface area contributed by atoms with Crippen LogP contribution in [-0.2, 0) is 6.42 Å². The van der Waals surface area contributed by atoms with Gasteiger partial charge >= 0.3 is 0 Å². The summed E-state index contributed by atoms with van der Waals surface area (Å²) in [5, 5.41) is 18.5. The van der Waals surface area contributed by atoms with Gasteiger partial charge in [0.15, 0.2) is 0 Å². The fourth-order valence-electron chi connectivity index (χ4n) is 1.93. The summed E-state index contributed by atoms with van der Waals surface area (Å²) >= 11 is 6.00. The van der Waals surface area contributed by atoms with E-state index >= 15 is 0 Å². The molecule has 5 heteroatoms. The Morgan fingerprint density at radius 1 is 1.29 bits per heavy atom. The highest BCUT2D eigenvalue weighted by atomic mass is 35.5. The summed E-state index contributed by atoms with van der Waals surface area (Å²) in [6.45, 7) is 3.70. The number of aromatic nitrogens is 1. The molecule has 1 aromatic rings. The van der Waals surface area contributed by atoms with Gasteiger partial charge in [0.25, 0.3) is 0 Å². The summed E-state index contributed by atoms with van der Waals surface area (Å²) in [4.78, 5) is 6.21. The molecular weight excluding hydrogens is 236 g/mol. The molecule has 1 aliphatic heterocycles. The number of nitriles is 2. The van der Waals surface area contributed by atoms with Gasteiger partial charge in [0.05, 0.1) is 11.1 Å². The largest absolute Gasteiger partial charge is 0.355 e. The van der Waals surface area contributed by atoms with Crippen molar-refractivity contribution in [2.24, 2.45) is 0 Å². The first-order valence-corrected chi connectivity index (χ1v) is 5.88. The summed E-state index contributed by atoms with van der Waals surface area (Å²) < 4.78 is 0. The van der Waals surface area contributed by atoms with E-state index in [0.717, 1.165) is 19.5 Å². The lowest BCUT2D eigenvalue weighted by Crippen LogP contribution is -2.38. The molecule has 2 heterocycles. The quantitative estimate of drug-likeness (QED) is 0.751. The van der Waals surface area contributed by atoms with Crippen LogP contribution in [0, 0.1) is 22.7 Å². The fourth-order valence-corrected chi connectivity index (χ4v) is 2.17. The molecule has 4 nitrogen and oxygen atoms in total. The van der Waals surface area contributed by atoms with Gasteiger partial charge in [0.2, 0.25) is 0 Å². The maximum atomic E-state index is 9.24. The molecule has 0 aliphatic carbocycles. The third-order valence-electron chi connectivity index (χ3n) is 2.97. The molecule has 0 saturated carbocycles. The second-order valence-corrected chi connectivity index (χ2v) is 4.23. The van der Waals surface area contributed by atoms with E-state index in [0.29, 0.717) is 28.9 Å². The first kappa shape index (κ1) is 11.7. The van der Waals surface area contributed by atoms with Gasteiger partial charge in [-0.25, -0.2) is 4.98 Å². The number of rotatable bonds is 2. The van der Waals surface area contributed by atoms with Gasteiger partial charge < -0.3 is 4.90 Å². The first-order chi connectivity index (χ1) is 8.22. The van der Waals surface area contributed by atoms with Gasteiger partial charge in [-0.2, -0.15) is 10.5 Å². The zero-order chi connectivity index (χ0) is 12.4. The third-order valence-corrected chi connectivity index (χ3v) is 3.24. The van der Waals surface area contributed by atoms with Crippen LogP contribution in [0.5, 0.6) is 0 Å². The monoisotopic (exact) mass is 246 g/mol. The SMILES string of the molecule is CCc1c(C#N)c(Cl)nc(N2CCC2)c1C#N. The van der Waals surface area contributed by atoms with Crippen molar-refractivity contribution in [3.63, 3.8) is 0 Å². The zero-order valence-electron chi connectivity index (χ0n) is 9.50. The van der Waals surface area contributed by atoms with Crippen LogP contribution in [0.2, 0.25) is 5.15 Å². The smallest absolute Gasteiger partial charge is 0.149 e. The molecule has 1 saturated heterocycles. The van der Waals surface area contributed by atoms with Crippen molar-refractivity contribution in [2.45, 2.75) is 19.8 Å². The molecule has 0 bridgehead atoms. The highest BCUT2D eigenvalue weighted by molar-refractivity contribution is 6.30. The van der Waals surface area contributed by atoms with Crippen LogP contribution in [0.15, 0.2) is 0 Å². The molecular formula is C12H11ClN4. The summed E-state index contributed by atoms with van der Waals surface area (Å²) in [6, 6.07) is 4.18. The molecule has 17 heavy (non-hydrogen) atoms. The van der Waals surface area contributed by atoms with E-state index in [9.17, 15) is 5.26 Å². The van der Waals surface area contributed by atoms with Gasteiger partial charge in [0, 0.05) is 13.1 Å². The lowest BCUT2D eigenvalue weighted by molar-refractivity contribution is 0.608. The molecule has 2 rings (SSSR count). The standard InChI is InChI=1S/C12H11ClN4/c1-2-8-9(6-14)11(13)16-12(10(8)7-15)17-4-3-5-17/h2-5H2,1H3. The van der Waals surface area contributed by atoms with Crippen molar-refractivity contribution >= 4 is 17.4 Å². The molecule has 1 fully saturated rings. The molecule has 1 aromatic heterocycles. The number of hydrogen-bond acceptors (Lipinski definition) is 4. The van der Waals surface area contributed by atoms with Crippen LogP contribution in [0.25, 0.3) is 0 Å². The van der Waals surface area contributed by atoms with Gasteiger partial charge in [-0.15, -0.1) is 0 Å². The second kappa shape index (κ2) is 4.61. The van der Waals surface area contributed by atoms with Crippen molar-refractivity contribution in [3.8, 4) is 12.1 Å². The normalized spacial score (nSPS) is 13.8. The van der Waals surface area contributed by atoms with Gasteiger partial charge in [-0.05, 0) is 18.4 Å². The second-order valence-electron chi connectivity index (χ2n) is 3.87.